The van der Waals surface area contributed by atoms with Crippen molar-refractivity contribution in [2.75, 3.05) is 27.2 Å². The fraction of sp³-hybridized carbons (Fsp3) is 0.222. The quantitative estimate of drug-likeness (QED) is 0.271. The Kier molecular flexibility index (Phi) is 7.83. The van der Waals surface area contributed by atoms with Gasteiger partial charge >= 0.3 is 0 Å². The fourth-order valence-electron chi connectivity index (χ4n) is 3.31. The van der Waals surface area contributed by atoms with Crippen LogP contribution in [0.1, 0.15) is 27.0 Å². The number of rotatable bonds is 8. The molecule has 0 saturated carbocycles. The predicted octanol–water partition coefficient (Wildman–Crippen LogP) is 6.57. The Morgan fingerprint density at radius 3 is 2.42 bits per heavy atom. The molecule has 0 bridgehead atoms. The minimum absolute atomic E-state index is 0.0691. The van der Waals surface area contributed by atoms with Gasteiger partial charge in [0.15, 0.2) is 5.78 Å². The van der Waals surface area contributed by atoms with Crippen LogP contribution in [0.4, 0.5) is 0 Å². The molecule has 3 nitrogen and oxygen atoms in total. The normalized spacial score (nSPS) is 11.3. The first kappa shape index (κ1) is 23.0. The molecule has 0 aromatic heterocycles. The van der Waals surface area contributed by atoms with Gasteiger partial charge < -0.3 is 9.64 Å². The summed E-state index contributed by atoms with van der Waals surface area (Å²) in [5.41, 5.74) is 5.81. The van der Waals surface area contributed by atoms with Crippen molar-refractivity contribution in [1.29, 1.82) is 0 Å². The summed E-state index contributed by atoms with van der Waals surface area (Å²) in [7, 11) is 4.01. The van der Waals surface area contributed by atoms with Gasteiger partial charge in [0.25, 0.3) is 0 Å². The highest BCUT2D eigenvalue weighted by Gasteiger charge is 2.16. The molecule has 0 N–H and O–H groups in total. The van der Waals surface area contributed by atoms with Gasteiger partial charge in [-0.2, -0.15) is 0 Å². The summed E-state index contributed by atoms with van der Waals surface area (Å²) in [5.74, 6) is 0.587. The number of ether oxygens (including phenoxy) is 1. The lowest BCUT2D eigenvalue weighted by atomic mass is 9.96. The molecule has 3 rings (SSSR count). The average molecular weight is 478 g/mol. The third kappa shape index (κ3) is 6.39. The number of likely N-dealkylation sites (N-methyl/N-ethyl adjacent to an activating group) is 1. The molecule has 160 valence electrons. The number of halogens is 1. The van der Waals surface area contributed by atoms with Crippen molar-refractivity contribution < 1.29 is 9.53 Å². The summed E-state index contributed by atoms with van der Waals surface area (Å²) in [5, 5.41) is 0. The van der Waals surface area contributed by atoms with E-state index in [1.807, 2.05) is 63.5 Å². The van der Waals surface area contributed by atoms with E-state index in [9.17, 15) is 4.79 Å². The van der Waals surface area contributed by atoms with Crippen LogP contribution in [0.15, 0.2) is 71.2 Å². The van der Waals surface area contributed by atoms with Crippen molar-refractivity contribution in [3.63, 3.8) is 0 Å². The van der Waals surface area contributed by atoms with Crippen LogP contribution in [-0.2, 0) is 0 Å². The van der Waals surface area contributed by atoms with E-state index in [1.165, 1.54) is 5.56 Å². The zero-order chi connectivity index (χ0) is 22.4. The third-order valence-electron chi connectivity index (χ3n) is 4.97. The number of aryl methyl sites for hydroxylation is 2. The number of benzene rings is 3. The van der Waals surface area contributed by atoms with E-state index in [0.29, 0.717) is 17.9 Å². The van der Waals surface area contributed by atoms with E-state index in [-0.39, 0.29) is 5.78 Å². The summed E-state index contributed by atoms with van der Waals surface area (Å²) >= 11 is 3.44. The van der Waals surface area contributed by atoms with Gasteiger partial charge in [0.2, 0.25) is 0 Å². The maximum Gasteiger partial charge on any atom is 0.189 e. The first-order valence-corrected chi connectivity index (χ1v) is 11.1. The molecule has 3 aromatic rings. The van der Waals surface area contributed by atoms with E-state index >= 15 is 0 Å². The van der Waals surface area contributed by atoms with Crippen LogP contribution in [0.5, 0.6) is 5.75 Å². The molecule has 4 heteroatoms. The first-order chi connectivity index (χ1) is 14.8. The first-order valence-electron chi connectivity index (χ1n) is 10.3. The smallest absolute Gasteiger partial charge is 0.189 e. The molecule has 0 fully saturated rings. The topological polar surface area (TPSA) is 29.5 Å². The van der Waals surface area contributed by atoms with Gasteiger partial charge in [-0.3, -0.25) is 4.79 Å². The second-order valence-corrected chi connectivity index (χ2v) is 8.86. The van der Waals surface area contributed by atoms with Crippen LogP contribution in [0.3, 0.4) is 0 Å². The molecule has 0 aliphatic rings. The Morgan fingerprint density at radius 1 is 1.00 bits per heavy atom. The largest absolute Gasteiger partial charge is 0.491 e. The van der Waals surface area contributed by atoms with Crippen molar-refractivity contribution in [3.8, 4) is 16.9 Å². The highest BCUT2D eigenvalue weighted by molar-refractivity contribution is 9.10. The van der Waals surface area contributed by atoms with Gasteiger partial charge in [-0.25, -0.2) is 0 Å². The van der Waals surface area contributed by atoms with Crippen molar-refractivity contribution in [1.82, 2.24) is 4.90 Å². The van der Waals surface area contributed by atoms with Crippen molar-refractivity contribution >= 4 is 27.8 Å². The highest BCUT2D eigenvalue weighted by Crippen LogP contribution is 2.32. The number of nitrogens with zero attached hydrogens (tertiary/aromatic N) is 1. The summed E-state index contributed by atoms with van der Waals surface area (Å²) in [6, 6.07) is 20.2. The van der Waals surface area contributed by atoms with Crippen LogP contribution < -0.4 is 4.74 Å². The predicted molar refractivity (Wildman–Crippen MR) is 133 cm³/mol. The zero-order valence-corrected chi connectivity index (χ0v) is 20.1. The molecule has 0 atom stereocenters. The Labute approximate surface area is 193 Å². The minimum Gasteiger partial charge on any atom is -0.491 e. The molecule has 0 saturated heterocycles. The maximum atomic E-state index is 13.2. The van der Waals surface area contributed by atoms with Gasteiger partial charge in [-0.1, -0.05) is 64.0 Å². The molecule has 0 amide bonds. The van der Waals surface area contributed by atoms with Gasteiger partial charge in [0.1, 0.15) is 12.4 Å². The van der Waals surface area contributed by atoms with Crippen molar-refractivity contribution in [3.05, 3.63) is 93.5 Å². The summed E-state index contributed by atoms with van der Waals surface area (Å²) in [6.07, 6.45) is 3.46. The van der Waals surface area contributed by atoms with Gasteiger partial charge in [0.05, 0.1) is 5.56 Å². The monoisotopic (exact) mass is 477 g/mol. The standard InChI is InChI=1S/C27H28BrNO2/c1-19-6-5-7-22(16-19)23-17-20(2)27(31-15-14-29(3)4)25(18-23)26(30)13-10-21-8-11-24(28)12-9-21/h5-13,16-18H,14-15H2,1-4H3/b13-10+. The van der Waals surface area contributed by atoms with Crippen LogP contribution in [0.25, 0.3) is 17.2 Å². The Hall–Kier alpha value is -2.69. The Bertz CT molecular complexity index is 1080. The second kappa shape index (κ2) is 10.6. The number of ketones is 1. The van der Waals surface area contributed by atoms with Crippen molar-refractivity contribution in [2.24, 2.45) is 0 Å². The van der Waals surface area contributed by atoms with Crippen molar-refractivity contribution in [2.45, 2.75) is 13.8 Å². The third-order valence-corrected chi connectivity index (χ3v) is 5.50. The zero-order valence-electron chi connectivity index (χ0n) is 18.5. The van der Waals surface area contributed by atoms with Gasteiger partial charge in [-0.15, -0.1) is 0 Å². The molecule has 3 aromatic carbocycles. The minimum atomic E-state index is -0.0691. The highest BCUT2D eigenvalue weighted by atomic mass is 79.9. The van der Waals surface area contributed by atoms with Gasteiger partial charge in [-0.05, 0) is 80.5 Å². The Morgan fingerprint density at radius 2 is 1.74 bits per heavy atom. The number of hydrogen-bond donors (Lipinski definition) is 0. The summed E-state index contributed by atoms with van der Waals surface area (Å²) in [6.45, 7) is 5.37. The van der Waals surface area contributed by atoms with E-state index in [4.69, 9.17) is 4.74 Å². The van der Waals surface area contributed by atoms with Crippen LogP contribution in [0.2, 0.25) is 0 Å². The van der Waals surface area contributed by atoms with E-state index in [1.54, 1.807) is 6.08 Å². The van der Waals surface area contributed by atoms with Crippen LogP contribution in [-0.4, -0.2) is 37.9 Å². The fourth-order valence-corrected chi connectivity index (χ4v) is 3.57. The molecule has 0 spiro atoms. The average Bonchev–Trinajstić information content (AvgIpc) is 2.73. The van der Waals surface area contributed by atoms with Gasteiger partial charge in [0, 0.05) is 11.0 Å². The summed E-state index contributed by atoms with van der Waals surface area (Å²) in [4.78, 5) is 15.3. The van der Waals surface area contributed by atoms with Crippen LogP contribution >= 0.6 is 15.9 Å². The maximum absolute atomic E-state index is 13.2. The second-order valence-electron chi connectivity index (χ2n) is 7.94. The molecular formula is C27H28BrNO2. The lowest BCUT2D eigenvalue weighted by Gasteiger charge is -2.17. The van der Waals surface area contributed by atoms with E-state index in [0.717, 1.165) is 33.3 Å². The molecule has 0 unspecified atom stereocenters. The lowest BCUT2D eigenvalue weighted by Crippen LogP contribution is -2.20. The molecule has 0 aliphatic heterocycles. The number of carbonyl (C=O) groups excluding carboxylic acids is 1. The molecule has 0 heterocycles. The van der Waals surface area contributed by atoms with E-state index < -0.39 is 0 Å². The Balaban J connectivity index is 1.98. The molecule has 31 heavy (non-hydrogen) atoms. The number of allylic oxidation sites excluding steroid dienone is 1. The molecule has 0 radical (unpaired) electrons. The SMILES string of the molecule is Cc1cccc(-c2cc(C)c(OCCN(C)C)c(C(=O)/C=C/c3ccc(Br)cc3)c2)c1. The van der Waals surface area contributed by atoms with E-state index in [2.05, 4.69) is 52.0 Å². The molecular weight excluding hydrogens is 450 g/mol. The molecule has 0 aliphatic carbocycles. The number of carbonyl (C=O) groups is 1. The lowest BCUT2D eigenvalue weighted by molar-refractivity contribution is 0.104. The number of hydrogen-bond acceptors (Lipinski definition) is 3. The summed E-state index contributed by atoms with van der Waals surface area (Å²) < 4.78 is 7.09. The van der Waals surface area contributed by atoms with Crippen LogP contribution in [0, 0.1) is 13.8 Å².